The number of hydrogen-bond acceptors (Lipinski definition) is 2. The summed E-state index contributed by atoms with van der Waals surface area (Å²) >= 11 is 0. The van der Waals surface area contributed by atoms with Gasteiger partial charge in [-0.15, -0.1) is 0 Å². The molecule has 2 N–H and O–H groups in total. The predicted octanol–water partition coefficient (Wildman–Crippen LogP) is 2.20. The Balaban J connectivity index is 2.10. The average molecular weight is 189 g/mol. The van der Waals surface area contributed by atoms with E-state index in [4.69, 9.17) is 5.73 Å². The molecule has 1 radical (unpaired) electrons. The van der Waals surface area contributed by atoms with Crippen molar-refractivity contribution in [3.8, 4) is 0 Å². The van der Waals surface area contributed by atoms with Crippen LogP contribution in [0.2, 0.25) is 0 Å². The highest BCUT2D eigenvalue weighted by Crippen LogP contribution is 2.25. The Labute approximate surface area is 85.7 Å². The monoisotopic (exact) mass is 189 g/mol. The quantitative estimate of drug-likeness (QED) is 0.723. The van der Waals surface area contributed by atoms with Crippen molar-refractivity contribution in [2.45, 2.75) is 26.9 Å². The van der Waals surface area contributed by atoms with Gasteiger partial charge in [-0.2, -0.15) is 0 Å². The van der Waals surface area contributed by atoms with E-state index in [9.17, 15) is 0 Å². The fraction of sp³-hybridized carbons (Fsp3) is 0.417. The summed E-state index contributed by atoms with van der Waals surface area (Å²) in [5.74, 6) is 1.46. The molecule has 0 amide bonds. The van der Waals surface area contributed by atoms with Gasteiger partial charge in [0.15, 0.2) is 0 Å². The summed E-state index contributed by atoms with van der Waals surface area (Å²) < 4.78 is 0. The van der Waals surface area contributed by atoms with Crippen LogP contribution in [0.3, 0.4) is 0 Å². The van der Waals surface area contributed by atoms with Crippen molar-refractivity contribution < 1.29 is 0 Å². The second-order valence-corrected chi connectivity index (χ2v) is 4.38. The van der Waals surface area contributed by atoms with Crippen LogP contribution in [-0.4, -0.2) is 11.4 Å². The Morgan fingerprint density at radius 2 is 2.00 bits per heavy atom. The second kappa shape index (κ2) is 3.62. The van der Waals surface area contributed by atoms with E-state index >= 15 is 0 Å². The summed E-state index contributed by atoms with van der Waals surface area (Å²) in [5.41, 5.74) is 9.46. The third-order valence-electron chi connectivity index (χ3n) is 2.56. The SMILES string of the molecule is C[C](C)CN1Cc2ccc(N)cc2C1. The lowest BCUT2D eigenvalue weighted by atomic mass is 10.1. The van der Waals surface area contributed by atoms with Gasteiger partial charge >= 0.3 is 0 Å². The Kier molecular flexibility index (Phi) is 2.46. The molecule has 0 saturated carbocycles. The Bertz CT molecular complexity index is 331. The molecule has 1 heterocycles. The number of nitrogens with two attached hydrogens (primary N) is 1. The number of hydrogen-bond donors (Lipinski definition) is 1. The third-order valence-corrected chi connectivity index (χ3v) is 2.56. The van der Waals surface area contributed by atoms with Gasteiger partial charge in [0, 0.05) is 25.3 Å². The minimum Gasteiger partial charge on any atom is -0.399 e. The van der Waals surface area contributed by atoms with E-state index in [1.54, 1.807) is 0 Å². The van der Waals surface area contributed by atoms with Crippen LogP contribution in [0.5, 0.6) is 0 Å². The van der Waals surface area contributed by atoms with E-state index in [1.807, 2.05) is 6.07 Å². The average Bonchev–Trinajstić information content (AvgIpc) is 2.44. The fourth-order valence-corrected chi connectivity index (χ4v) is 2.04. The zero-order chi connectivity index (χ0) is 10.1. The molecular weight excluding hydrogens is 172 g/mol. The number of nitrogens with zero attached hydrogens (tertiary/aromatic N) is 1. The predicted molar refractivity (Wildman–Crippen MR) is 59.6 cm³/mol. The smallest absolute Gasteiger partial charge is 0.0317 e. The van der Waals surface area contributed by atoms with Crippen molar-refractivity contribution in [1.82, 2.24) is 4.90 Å². The number of fused-ring (bicyclic) bond motifs is 1. The van der Waals surface area contributed by atoms with Crippen molar-refractivity contribution in [3.05, 3.63) is 35.2 Å². The van der Waals surface area contributed by atoms with Crippen LogP contribution in [0.1, 0.15) is 25.0 Å². The third kappa shape index (κ3) is 1.90. The van der Waals surface area contributed by atoms with Crippen molar-refractivity contribution in [2.24, 2.45) is 0 Å². The molecule has 2 nitrogen and oxygen atoms in total. The van der Waals surface area contributed by atoms with E-state index in [2.05, 4.69) is 30.9 Å². The van der Waals surface area contributed by atoms with Gasteiger partial charge in [-0.1, -0.05) is 19.9 Å². The molecule has 2 rings (SSSR count). The van der Waals surface area contributed by atoms with E-state index in [0.717, 1.165) is 25.3 Å². The number of anilines is 1. The van der Waals surface area contributed by atoms with E-state index < -0.39 is 0 Å². The van der Waals surface area contributed by atoms with Crippen molar-refractivity contribution in [2.75, 3.05) is 12.3 Å². The van der Waals surface area contributed by atoms with Gasteiger partial charge in [0.1, 0.15) is 0 Å². The first-order valence-electron chi connectivity index (χ1n) is 5.04. The summed E-state index contributed by atoms with van der Waals surface area (Å²) in [7, 11) is 0. The van der Waals surface area contributed by atoms with Crippen LogP contribution in [0.4, 0.5) is 5.69 Å². The van der Waals surface area contributed by atoms with Crippen LogP contribution >= 0.6 is 0 Å². The summed E-state index contributed by atoms with van der Waals surface area (Å²) in [6.45, 7) is 7.57. The molecular formula is C12H17N2. The standard InChI is InChI=1S/C12H17N2/c1-9(2)6-14-7-10-3-4-12(13)5-11(10)8-14/h3-5H,6-8,13H2,1-2H3. The maximum absolute atomic E-state index is 5.75. The lowest BCUT2D eigenvalue weighted by Crippen LogP contribution is -2.20. The largest absolute Gasteiger partial charge is 0.399 e. The number of rotatable bonds is 2. The molecule has 0 fully saturated rings. The fourth-order valence-electron chi connectivity index (χ4n) is 2.04. The topological polar surface area (TPSA) is 29.3 Å². The first-order chi connectivity index (χ1) is 6.65. The van der Waals surface area contributed by atoms with Crippen molar-refractivity contribution in [3.63, 3.8) is 0 Å². The Hall–Kier alpha value is -1.02. The minimum atomic E-state index is 0.878. The summed E-state index contributed by atoms with van der Waals surface area (Å²) in [4.78, 5) is 2.44. The summed E-state index contributed by atoms with van der Waals surface area (Å²) in [6.07, 6.45) is 0. The van der Waals surface area contributed by atoms with Crippen LogP contribution in [0.25, 0.3) is 0 Å². The van der Waals surface area contributed by atoms with E-state index in [1.165, 1.54) is 17.0 Å². The lowest BCUT2D eigenvalue weighted by molar-refractivity contribution is 0.296. The molecule has 1 aromatic rings. The van der Waals surface area contributed by atoms with Crippen molar-refractivity contribution >= 4 is 5.69 Å². The highest BCUT2D eigenvalue weighted by atomic mass is 15.1. The summed E-state index contributed by atoms with van der Waals surface area (Å²) in [5, 5.41) is 0. The van der Waals surface area contributed by atoms with Gasteiger partial charge < -0.3 is 5.73 Å². The molecule has 14 heavy (non-hydrogen) atoms. The van der Waals surface area contributed by atoms with Crippen LogP contribution in [0, 0.1) is 5.92 Å². The number of nitrogen functional groups attached to an aromatic ring is 1. The maximum Gasteiger partial charge on any atom is 0.0317 e. The molecule has 0 bridgehead atoms. The van der Waals surface area contributed by atoms with E-state index in [-0.39, 0.29) is 0 Å². The first-order valence-corrected chi connectivity index (χ1v) is 5.04. The van der Waals surface area contributed by atoms with Gasteiger partial charge in [0.05, 0.1) is 0 Å². The Morgan fingerprint density at radius 3 is 2.71 bits per heavy atom. The number of benzene rings is 1. The molecule has 0 unspecified atom stereocenters. The van der Waals surface area contributed by atoms with Crippen LogP contribution < -0.4 is 5.73 Å². The molecule has 1 aromatic carbocycles. The zero-order valence-corrected chi connectivity index (χ0v) is 8.88. The molecule has 1 aliphatic rings. The van der Waals surface area contributed by atoms with Gasteiger partial charge in [0.2, 0.25) is 0 Å². The van der Waals surface area contributed by atoms with Gasteiger partial charge in [-0.25, -0.2) is 0 Å². The first kappa shape index (κ1) is 9.53. The molecule has 0 aliphatic carbocycles. The maximum atomic E-state index is 5.75. The lowest BCUT2D eigenvalue weighted by Gasteiger charge is -2.16. The summed E-state index contributed by atoms with van der Waals surface area (Å²) in [6, 6.07) is 6.24. The second-order valence-electron chi connectivity index (χ2n) is 4.38. The van der Waals surface area contributed by atoms with Crippen LogP contribution in [0.15, 0.2) is 18.2 Å². The molecule has 0 aromatic heterocycles. The molecule has 0 spiro atoms. The van der Waals surface area contributed by atoms with Gasteiger partial charge in [0.25, 0.3) is 0 Å². The minimum absolute atomic E-state index is 0.878. The molecule has 2 heteroatoms. The highest BCUT2D eigenvalue weighted by molar-refractivity contribution is 5.46. The molecule has 1 aliphatic heterocycles. The molecule has 75 valence electrons. The molecule has 0 atom stereocenters. The van der Waals surface area contributed by atoms with Gasteiger partial charge in [-0.3, -0.25) is 4.90 Å². The van der Waals surface area contributed by atoms with E-state index in [0.29, 0.717) is 0 Å². The van der Waals surface area contributed by atoms with Crippen molar-refractivity contribution in [1.29, 1.82) is 0 Å². The van der Waals surface area contributed by atoms with Gasteiger partial charge in [-0.05, 0) is 29.2 Å². The highest BCUT2D eigenvalue weighted by Gasteiger charge is 2.19. The zero-order valence-electron chi connectivity index (χ0n) is 8.88. The normalized spacial score (nSPS) is 16.2. The molecule has 0 saturated heterocycles. The Morgan fingerprint density at radius 1 is 1.29 bits per heavy atom. The van der Waals surface area contributed by atoms with Crippen LogP contribution in [-0.2, 0) is 13.1 Å².